The molecule has 0 spiro atoms. The van der Waals surface area contributed by atoms with Crippen molar-refractivity contribution < 1.29 is 4.39 Å². The first-order valence-corrected chi connectivity index (χ1v) is 4.41. The van der Waals surface area contributed by atoms with Crippen molar-refractivity contribution >= 4 is 0 Å². The molecule has 1 aliphatic carbocycles. The van der Waals surface area contributed by atoms with Crippen LogP contribution in [0, 0.1) is 5.41 Å². The SMILES string of the molecule is CC(C)(CN)C1(F)CCCC1. The van der Waals surface area contributed by atoms with E-state index in [1.165, 1.54) is 0 Å². The van der Waals surface area contributed by atoms with Gasteiger partial charge in [0.05, 0.1) is 0 Å². The van der Waals surface area contributed by atoms with E-state index in [9.17, 15) is 4.39 Å². The van der Waals surface area contributed by atoms with Gasteiger partial charge in [-0.15, -0.1) is 0 Å². The van der Waals surface area contributed by atoms with Crippen molar-refractivity contribution in [2.75, 3.05) is 6.54 Å². The van der Waals surface area contributed by atoms with Crippen LogP contribution in [-0.4, -0.2) is 12.2 Å². The van der Waals surface area contributed by atoms with Crippen LogP contribution in [0.4, 0.5) is 4.39 Å². The van der Waals surface area contributed by atoms with E-state index in [-0.39, 0.29) is 5.41 Å². The zero-order valence-corrected chi connectivity index (χ0v) is 7.49. The molecule has 1 fully saturated rings. The lowest BCUT2D eigenvalue weighted by atomic mass is 9.75. The highest BCUT2D eigenvalue weighted by molar-refractivity contribution is 4.97. The summed E-state index contributed by atoms with van der Waals surface area (Å²) in [5, 5.41) is 0. The van der Waals surface area contributed by atoms with Gasteiger partial charge >= 0.3 is 0 Å². The third kappa shape index (κ3) is 1.41. The third-order valence-electron chi connectivity index (χ3n) is 3.12. The van der Waals surface area contributed by atoms with Gasteiger partial charge in [-0.25, -0.2) is 4.39 Å². The molecular formula is C9H18FN. The zero-order valence-electron chi connectivity index (χ0n) is 7.49. The van der Waals surface area contributed by atoms with E-state index in [1.54, 1.807) is 0 Å². The van der Waals surface area contributed by atoms with Gasteiger partial charge in [-0.05, 0) is 12.8 Å². The van der Waals surface area contributed by atoms with Crippen LogP contribution in [0.25, 0.3) is 0 Å². The summed E-state index contributed by atoms with van der Waals surface area (Å²) in [5.74, 6) is 0. The van der Waals surface area contributed by atoms with Crippen LogP contribution in [0.2, 0.25) is 0 Å². The predicted molar refractivity (Wildman–Crippen MR) is 45.1 cm³/mol. The number of halogens is 1. The summed E-state index contributed by atoms with van der Waals surface area (Å²) in [6.45, 7) is 4.31. The van der Waals surface area contributed by atoms with Crippen LogP contribution in [0.5, 0.6) is 0 Å². The van der Waals surface area contributed by atoms with Crippen LogP contribution in [0.1, 0.15) is 39.5 Å². The first-order valence-electron chi connectivity index (χ1n) is 4.41. The topological polar surface area (TPSA) is 26.0 Å². The number of hydrogen-bond acceptors (Lipinski definition) is 1. The molecule has 1 saturated carbocycles. The molecule has 0 bridgehead atoms. The standard InChI is InChI=1S/C9H18FN/c1-8(2,7-11)9(10)5-3-4-6-9/h3-7,11H2,1-2H3. The molecule has 0 saturated heterocycles. The predicted octanol–water partition coefficient (Wildman–Crippen LogP) is 2.25. The summed E-state index contributed by atoms with van der Waals surface area (Å²) in [6, 6.07) is 0. The summed E-state index contributed by atoms with van der Waals surface area (Å²) >= 11 is 0. The first kappa shape index (κ1) is 8.98. The Morgan fingerprint density at radius 3 is 2.18 bits per heavy atom. The quantitative estimate of drug-likeness (QED) is 0.657. The first-order chi connectivity index (χ1) is 5.02. The van der Waals surface area contributed by atoms with Gasteiger partial charge in [0.15, 0.2) is 0 Å². The van der Waals surface area contributed by atoms with Gasteiger partial charge in [0.1, 0.15) is 5.67 Å². The maximum Gasteiger partial charge on any atom is 0.117 e. The number of hydrogen-bond donors (Lipinski definition) is 1. The summed E-state index contributed by atoms with van der Waals surface area (Å²) in [4.78, 5) is 0. The van der Waals surface area contributed by atoms with E-state index >= 15 is 0 Å². The van der Waals surface area contributed by atoms with Crippen molar-refractivity contribution in [1.29, 1.82) is 0 Å². The van der Waals surface area contributed by atoms with Crippen LogP contribution < -0.4 is 5.73 Å². The van der Waals surface area contributed by atoms with Crippen LogP contribution in [-0.2, 0) is 0 Å². The Hall–Kier alpha value is -0.110. The smallest absolute Gasteiger partial charge is 0.117 e. The molecule has 1 nitrogen and oxygen atoms in total. The van der Waals surface area contributed by atoms with Crippen molar-refractivity contribution in [3.63, 3.8) is 0 Å². The number of nitrogens with two attached hydrogens (primary N) is 1. The second-order valence-corrected chi connectivity index (χ2v) is 4.26. The van der Waals surface area contributed by atoms with Crippen LogP contribution in [0.15, 0.2) is 0 Å². The maximum absolute atomic E-state index is 14.0. The van der Waals surface area contributed by atoms with E-state index in [2.05, 4.69) is 0 Å². The minimum Gasteiger partial charge on any atom is -0.330 e. The number of rotatable bonds is 2. The Balaban J connectivity index is 2.69. The summed E-state index contributed by atoms with van der Waals surface area (Å²) in [7, 11) is 0. The Morgan fingerprint density at radius 1 is 1.36 bits per heavy atom. The zero-order chi connectivity index (χ0) is 8.54. The summed E-state index contributed by atoms with van der Waals surface area (Å²) in [6.07, 6.45) is 3.47. The van der Waals surface area contributed by atoms with Gasteiger partial charge in [-0.1, -0.05) is 26.7 Å². The lowest BCUT2D eigenvalue weighted by Gasteiger charge is -2.36. The monoisotopic (exact) mass is 159 g/mol. The summed E-state index contributed by atoms with van der Waals surface area (Å²) in [5.41, 5.74) is 4.22. The van der Waals surface area contributed by atoms with Crippen molar-refractivity contribution in [2.24, 2.45) is 11.1 Å². The molecule has 0 radical (unpaired) electrons. The molecule has 2 heteroatoms. The molecule has 0 aromatic heterocycles. The number of alkyl halides is 1. The van der Waals surface area contributed by atoms with Crippen LogP contribution in [0.3, 0.4) is 0 Å². The lowest BCUT2D eigenvalue weighted by molar-refractivity contribution is 0.0290. The average Bonchev–Trinajstić information content (AvgIpc) is 2.38. The molecule has 66 valence electrons. The molecule has 0 heterocycles. The van der Waals surface area contributed by atoms with Crippen molar-refractivity contribution in [3.05, 3.63) is 0 Å². The second-order valence-electron chi connectivity index (χ2n) is 4.26. The minimum atomic E-state index is -0.984. The Morgan fingerprint density at radius 2 is 1.82 bits per heavy atom. The molecule has 0 unspecified atom stereocenters. The van der Waals surface area contributed by atoms with Gasteiger partial charge in [0.25, 0.3) is 0 Å². The van der Waals surface area contributed by atoms with E-state index in [0.29, 0.717) is 19.4 Å². The highest BCUT2D eigenvalue weighted by Crippen LogP contribution is 2.46. The van der Waals surface area contributed by atoms with Gasteiger partial charge < -0.3 is 5.73 Å². The van der Waals surface area contributed by atoms with Gasteiger partial charge in [-0.3, -0.25) is 0 Å². The highest BCUT2D eigenvalue weighted by atomic mass is 19.1. The van der Waals surface area contributed by atoms with Crippen molar-refractivity contribution in [2.45, 2.75) is 45.2 Å². The Labute approximate surface area is 68.2 Å². The van der Waals surface area contributed by atoms with Gasteiger partial charge in [0, 0.05) is 12.0 Å². The fraction of sp³-hybridized carbons (Fsp3) is 1.00. The summed E-state index contributed by atoms with van der Waals surface area (Å²) < 4.78 is 14.0. The Bertz CT molecular complexity index is 136. The second kappa shape index (κ2) is 2.74. The van der Waals surface area contributed by atoms with Crippen molar-refractivity contribution in [3.8, 4) is 0 Å². The lowest BCUT2D eigenvalue weighted by Crippen LogP contribution is -2.43. The molecule has 0 amide bonds. The van der Waals surface area contributed by atoms with E-state index in [1.807, 2.05) is 13.8 Å². The van der Waals surface area contributed by atoms with E-state index in [0.717, 1.165) is 12.8 Å². The van der Waals surface area contributed by atoms with Crippen molar-refractivity contribution in [1.82, 2.24) is 0 Å². The molecule has 1 rings (SSSR count). The Kier molecular flexibility index (Phi) is 2.24. The van der Waals surface area contributed by atoms with Crippen LogP contribution >= 0.6 is 0 Å². The molecule has 1 aliphatic rings. The molecule has 0 aliphatic heterocycles. The molecule has 0 atom stereocenters. The third-order valence-corrected chi connectivity index (χ3v) is 3.12. The molecule has 0 aromatic rings. The van der Waals surface area contributed by atoms with E-state index in [4.69, 9.17) is 5.73 Å². The largest absolute Gasteiger partial charge is 0.330 e. The fourth-order valence-corrected chi connectivity index (χ4v) is 1.80. The molecular weight excluding hydrogens is 141 g/mol. The fourth-order valence-electron chi connectivity index (χ4n) is 1.80. The van der Waals surface area contributed by atoms with E-state index < -0.39 is 5.67 Å². The maximum atomic E-state index is 14.0. The normalized spacial score (nSPS) is 24.0. The molecule has 2 N–H and O–H groups in total. The average molecular weight is 159 g/mol. The highest BCUT2D eigenvalue weighted by Gasteiger charge is 2.46. The minimum absolute atomic E-state index is 0.330. The van der Waals surface area contributed by atoms with Gasteiger partial charge in [0.2, 0.25) is 0 Å². The molecule has 0 aromatic carbocycles. The van der Waals surface area contributed by atoms with Gasteiger partial charge in [-0.2, -0.15) is 0 Å². The molecule has 11 heavy (non-hydrogen) atoms.